The fourth-order valence-corrected chi connectivity index (χ4v) is 1.27. The van der Waals surface area contributed by atoms with Crippen molar-refractivity contribution < 1.29 is 0 Å². The molecule has 0 aliphatic rings. The Morgan fingerprint density at radius 2 is 2.42 bits per heavy atom. The SMILES string of the molecule is CCCc1nccn1CC(C)N. The second-order valence-electron chi connectivity index (χ2n) is 3.22. The predicted octanol–water partition coefficient (Wildman–Crippen LogP) is 1.18. The van der Waals surface area contributed by atoms with Crippen molar-refractivity contribution in [1.82, 2.24) is 9.55 Å². The van der Waals surface area contributed by atoms with Crippen molar-refractivity contribution in [3.8, 4) is 0 Å². The topological polar surface area (TPSA) is 43.8 Å². The molecule has 3 nitrogen and oxygen atoms in total. The van der Waals surface area contributed by atoms with E-state index in [2.05, 4.69) is 16.5 Å². The molecule has 2 N–H and O–H groups in total. The summed E-state index contributed by atoms with van der Waals surface area (Å²) in [5.41, 5.74) is 5.70. The van der Waals surface area contributed by atoms with Gasteiger partial charge in [-0.15, -0.1) is 0 Å². The van der Waals surface area contributed by atoms with Gasteiger partial charge >= 0.3 is 0 Å². The zero-order valence-corrected chi connectivity index (χ0v) is 7.83. The van der Waals surface area contributed by atoms with Gasteiger partial charge in [-0.3, -0.25) is 0 Å². The van der Waals surface area contributed by atoms with E-state index in [1.807, 2.05) is 19.3 Å². The highest BCUT2D eigenvalue weighted by Gasteiger charge is 2.02. The molecular weight excluding hydrogens is 150 g/mol. The van der Waals surface area contributed by atoms with Crippen LogP contribution in [0.15, 0.2) is 12.4 Å². The van der Waals surface area contributed by atoms with E-state index in [9.17, 15) is 0 Å². The lowest BCUT2D eigenvalue weighted by atomic mass is 10.3. The fraction of sp³-hybridized carbons (Fsp3) is 0.667. The highest BCUT2D eigenvalue weighted by Crippen LogP contribution is 2.01. The Morgan fingerprint density at radius 3 is 3.00 bits per heavy atom. The molecule has 1 aromatic rings. The molecular formula is C9H17N3. The summed E-state index contributed by atoms with van der Waals surface area (Å²) in [7, 11) is 0. The van der Waals surface area contributed by atoms with Crippen molar-refractivity contribution in [1.29, 1.82) is 0 Å². The van der Waals surface area contributed by atoms with E-state index < -0.39 is 0 Å². The molecule has 1 heterocycles. The minimum Gasteiger partial charge on any atom is -0.333 e. The molecule has 1 rings (SSSR count). The normalized spacial score (nSPS) is 13.2. The van der Waals surface area contributed by atoms with Crippen LogP contribution in [0.4, 0.5) is 0 Å². The Labute approximate surface area is 73.6 Å². The third-order valence-corrected chi connectivity index (χ3v) is 1.76. The second kappa shape index (κ2) is 4.26. The smallest absolute Gasteiger partial charge is 0.108 e. The Kier molecular flexibility index (Phi) is 3.29. The zero-order chi connectivity index (χ0) is 8.97. The van der Waals surface area contributed by atoms with Crippen molar-refractivity contribution >= 4 is 0 Å². The molecule has 0 aromatic carbocycles. The van der Waals surface area contributed by atoms with Gasteiger partial charge in [0.25, 0.3) is 0 Å². The van der Waals surface area contributed by atoms with E-state index in [1.165, 1.54) is 0 Å². The summed E-state index contributed by atoms with van der Waals surface area (Å²) < 4.78 is 2.13. The van der Waals surface area contributed by atoms with E-state index in [4.69, 9.17) is 5.73 Å². The van der Waals surface area contributed by atoms with Gasteiger partial charge in [-0.25, -0.2) is 4.98 Å². The largest absolute Gasteiger partial charge is 0.333 e. The molecule has 3 heteroatoms. The van der Waals surface area contributed by atoms with Crippen molar-refractivity contribution in [3.63, 3.8) is 0 Å². The van der Waals surface area contributed by atoms with Gasteiger partial charge < -0.3 is 10.3 Å². The summed E-state index contributed by atoms with van der Waals surface area (Å²) in [6, 6.07) is 0.204. The average Bonchev–Trinajstić information content (AvgIpc) is 2.37. The second-order valence-corrected chi connectivity index (χ2v) is 3.22. The van der Waals surface area contributed by atoms with Crippen LogP contribution in [0.25, 0.3) is 0 Å². The Balaban J connectivity index is 2.63. The molecule has 0 bridgehead atoms. The monoisotopic (exact) mass is 167 g/mol. The molecule has 1 atom stereocenters. The van der Waals surface area contributed by atoms with Crippen molar-refractivity contribution in [2.75, 3.05) is 0 Å². The number of aryl methyl sites for hydroxylation is 1. The van der Waals surface area contributed by atoms with Crippen molar-refractivity contribution in [2.24, 2.45) is 5.73 Å². The lowest BCUT2D eigenvalue weighted by molar-refractivity contribution is 0.563. The first-order valence-electron chi connectivity index (χ1n) is 4.49. The summed E-state index contributed by atoms with van der Waals surface area (Å²) in [5, 5.41) is 0. The maximum absolute atomic E-state index is 5.70. The number of imidazole rings is 1. The van der Waals surface area contributed by atoms with Crippen LogP contribution >= 0.6 is 0 Å². The fourth-order valence-electron chi connectivity index (χ4n) is 1.27. The number of rotatable bonds is 4. The Bertz CT molecular complexity index is 227. The lowest BCUT2D eigenvalue weighted by Crippen LogP contribution is -2.22. The first-order chi connectivity index (χ1) is 5.74. The van der Waals surface area contributed by atoms with Crippen LogP contribution in [0.3, 0.4) is 0 Å². The van der Waals surface area contributed by atoms with Gasteiger partial charge in [0.2, 0.25) is 0 Å². The van der Waals surface area contributed by atoms with Gasteiger partial charge in [0, 0.05) is 31.4 Å². The molecule has 0 radical (unpaired) electrons. The molecule has 12 heavy (non-hydrogen) atoms. The quantitative estimate of drug-likeness (QED) is 0.732. The number of nitrogens with zero attached hydrogens (tertiary/aromatic N) is 2. The number of aromatic nitrogens is 2. The highest BCUT2D eigenvalue weighted by atomic mass is 15.1. The molecule has 68 valence electrons. The minimum atomic E-state index is 0.204. The summed E-state index contributed by atoms with van der Waals surface area (Å²) in [5.74, 6) is 1.15. The zero-order valence-electron chi connectivity index (χ0n) is 7.83. The molecule has 0 amide bonds. The summed E-state index contributed by atoms with van der Waals surface area (Å²) >= 11 is 0. The number of hydrogen-bond donors (Lipinski definition) is 1. The van der Waals surface area contributed by atoms with E-state index >= 15 is 0 Å². The van der Waals surface area contributed by atoms with Crippen LogP contribution in [-0.4, -0.2) is 15.6 Å². The van der Waals surface area contributed by atoms with Gasteiger partial charge in [-0.2, -0.15) is 0 Å². The average molecular weight is 167 g/mol. The molecule has 0 aliphatic carbocycles. The van der Waals surface area contributed by atoms with Crippen LogP contribution in [0.2, 0.25) is 0 Å². The van der Waals surface area contributed by atoms with Crippen LogP contribution in [-0.2, 0) is 13.0 Å². The highest BCUT2D eigenvalue weighted by molar-refractivity contribution is 4.92. The lowest BCUT2D eigenvalue weighted by Gasteiger charge is -2.09. The predicted molar refractivity (Wildman–Crippen MR) is 49.9 cm³/mol. The summed E-state index contributed by atoms with van der Waals surface area (Å²) in [4.78, 5) is 4.27. The Hall–Kier alpha value is -0.830. The first-order valence-corrected chi connectivity index (χ1v) is 4.49. The molecule has 0 spiro atoms. The molecule has 1 unspecified atom stereocenters. The van der Waals surface area contributed by atoms with Crippen molar-refractivity contribution in [2.45, 2.75) is 39.3 Å². The molecule has 0 saturated carbocycles. The maximum Gasteiger partial charge on any atom is 0.108 e. The van der Waals surface area contributed by atoms with E-state index in [-0.39, 0.29) is 6.04 Å². The van der Waals surface area contributed by atoms with Gasteiger partial charge in [0.05, 0.1) is 0 Å². The molecule has 0 saturated heterocycles. The summed E-state index contributed by atoms with van der Waals surface area (Å²) in [6.45, 7) is 5.04. The number of nitrogens with two attached hydrogens (primary N) is 1. The third kappa shape index (κ3) is 2.34. The molecule has 0 fully saturated rings. The van der Waals surface area contributed by atoms with Crippen LogP contribution < -0.4 is 5.73 Å². The van der Waals surface area contributed by atoms with Gasteiger partial charge in [-0.1, -0.05) is 6.92 Å². The van der Waals surface area contributed by atoms with Gasteiger partial charge in [0.15, 0.2) is 0 Å². The minimum absolute atomic E-state index is 0.204. The Morgan fingerprint density at radius 1 is 1.67 bits per heavy atom. The van der Waals surface area contributed by atoms with Gasteiger partial charge in [-0.05, 0) is 13.3 Å². The van der Waals surface area contributed by atoms with Crippen LogP contribution in [0, 0.1) is 0 Å². The van der Waals surface area contributed by atoms with Crippen LogP contribution in [0.5, 0.6) is 0 Å². The maximum atomic E-state index is 5.70. The van der Waals surface area contributed by atoms with E-state index in [0.29, 0.717) is 0 Å². The van der Waals surface area contributed by atoms with Crippen molar-refractivity contribution in [3.05, 3.63) is 18.2 Å². The van der Waals surface area contributed by atoms with E-state index in [1.54, 1.807) is 0 Å². The third-order valence-electron chi connectivity index (χ3n) is 1.76. The number of hydrogen-bond acceptors (Lipinski definition) is 2. The van der Waals surface area contributed by atoms with Crippen LogP contribution in [0.1, 0.15) is 26.1 Å². The molecule has 1 aromatic heterocycles. The standard InChI is InChI=1S/C9H17N3/c1-3-4-9-11-5-6-12(9)7-8(2)10/h5-6,8H,3-4,7,10H2,1-2H3. The van der Waals surface area contributed by atoms with Gasteiger partial charge in [0.1, 0.15) is 5.82 Å². The summed E-state index contributed by atoms with van der Waals surface area (Å²) in [6.07, 6.45) is 6.01. The molecule has 0 aliphatic heterocycles. The van der Waals surface area contributed by atoms with E-state index in [0.717, 1.165) is 25.2 Å². The first kappa shape index (κ1) is 9.26.